The molecule has 2 aliphatic rings. The van der Waals surface area contributed by atoms with Gasteiger partial charge in [-0.2, -0.15) is 13.2 Å². The highest BCUT2D eigenvalue weighted by atomic mass is 35.5. The van der Waals surface area contributed by atoms with Crippen molar-refractivity contribution in [1.82, 2.24) is 19.6 Å². The minimum atomic E-state index is -4.66. The molecule has 32 heavy (non-hydrogen) atoms. The topological polar surface area (TPSA) is 66.7 Å². The van der Waals surface area contributed by atoms with E-state index in [-0.39, 0.29) is 47.7 Å². The van der Waals surface area contributed by atoms with Crippen molar-refractivity contribution in [3.05, 3.63) is 34.2 Å². The van der Waals surface area contributed by atoms with E-state index in [2.05, 4.69) is 17.2 Å². The Morgan fingerprint density at radius 2 is 2.00 bits per heavy atom. The zero-order valence-electron chi connectivity index (χ0n) is 17.4. The summed E-state index contributed by atoms with van der Waals surface area (Å²) >= 11 is 12.1. The minimum Gasteiger partial charge on any atom is -0.352 e. The van der Waals surface area contributed by atoms with Crippen molar-refractivity contribution in [2.24, 2.45) is 5.92 Å². The van der Waals surface area contributed by atoms with Gasteiger partial charge in [0.25, 0.3) is 5.91 Å². The average molecular weight is 491 g/mol. The Balaban J connectivity index is 1.63. The van der Waals surface area contributed by atoms with Gasteiger partial charge in [0.2, 0.25) is 5.91 Å². The first-order valence-electron chi connectivity index (χ1n) is 10.5. The monoisotopic (exact) mass is 490 g/mol. The normalized spacial score (nSPS) is 20.8. The van der Waals surface area contributed by atoms with Gasteiger partial charge in [-0.3, -0.25) is 14.0 Å². The highest BCUT2D eigenvalue weighted by molar-refractivity contribution is 6.33. The lowest BCUT2D eigenvalue weighted by atomic mass is 9.82. The van der Waals surface area contributed by atoms with Crippen LogP contribution in [0.2, 0.25) is 5.15 Å². The molecule has 0 spiro atoms. The van der Waals surface area contributed by atoms with E-state index in [1.807, 2.05) is 0 Å². The van der Waals surface area contributed by atoms with E-state index >= 15 is 0 Å². The Hall–Kier alpha value is -2.00. The Labute approximate surface area is 193 Å². The molecule has 6 nitrogen and oxygen atoms in total. The molecule has 2 fully saturated rings. The number of nitrogens with one attached hydrogen (secondary N) is 1. The number of nitrogens with zero attached hydrogens (tertiary/aromatic N) is 3. The molecule has 174 valence electrons. The minimum absolute atomic E-state index is 0.0263. The van der Waals surface area contributed by atoms with Crippen LogP contribution >= 0.6 is 23.2 Å². The van der Waals surface area contributed by atoms with Gasteiger partial charge in [0.05, 0.1) is 12.1 Å². The van der Waals surface area contributed by atoms with Gasteiger partial charge >= 0.3 is 6.18 Å². The fourth-order valence-electron chi connectivity index (χ4n) is 4.09. The van der Waals surface area contributed by atoms with Crippen molar-refractivity contribution in [2.75, 3.05) is 19.0 Å². The van der Waals surface area contributed by atoms with E-state index in [1.54, 1.807) is 0 Å². The van der Waals surface area contributed by atoms with E-state index in [9.17, 15) is 22.8 Å². The van der Waals surface area contributed by atoms with Gasteiger partial charge in [0.1, 0.15) is 5.15 Å². The standard InChI is InChI=1S/C21H23Cl2F3N4O2/c1-11-6-14(7-11)27-16(31)10-29(5-4-22)20(32)17-18(23)30-9-13(12-2-3-12)8-15(19(30)28-17)21(24,25)26/h8-9,11-12,14H,2-7,10H2,1H3,(H,27,31). The number of alkyl halides is 4. The molecule has 0 aliphatic heterocycles. The third-order valence-corrected chi connectivity index (χ3v) is 6.48. The molecule has 0 atom stereocenters. The van der Waals surface area contributed by atoms with E-state index in [1.165, 1.54) is 6.20 Å². The van der Waals surface area contributed by atoms with Crippen LogP contribution in [0, 0.1) is 5.92 Å². The van der Waals surface area contributed by atoms with Crippen LogP contribution in [0.15, 0.2) is 12.3 Å². The summed E-state index contributed by atoms with van der Waals surface area (Å²) in [6.07, 6.45) is 0.202. The maximum absolute atomic E-state index is 13.7. The van der Waals surface area contributed by atoms with Crippen LogP contribution in [0.5, 0.6) is 0 Å². The van der Waals surface area contributed by atoms with Gasteiger partial charge in [-0.25, -0.2) is 4.98 Å². The van der Waals surface area contributed by atoms with Gasteiger partial charge in [-0.15, -0.1) is 11.6 Å². The van der Waals surface area contributed by atoms with Crippen LogP contribution < -0.4 is 5.32 Å². The van der Waals surface area contributed by atoms with Gasteiger partial charge in [-0.05, 0) is 49.1 Å². The predicted molar refractivity (Wildman–Crippen MR) is 114 cm³/mol. The molecule has 0 aromatic carbocycles. The van der Waals surface area contributed by atoms with Crippen molar-refractivity contribution in [2.45, 2.75) is 50.7 Å². The lowest BCUT2D eigenvalue weighted by Gasteiger charge is -2.33. The number of hydrogen-bond acceptors (Lipinski definition) is 3. The molecule has 2 saturated carbocycles. The maximum Gasteiger partial charge on any atom is 0.419 e. The van der Waals surface area contributed by atoms with Gasteiger partial charge in [-0.1, -0.05) is 18.5 Å². The summed E-state index contributed by atoms with van der Waals surface area (Å²) in [6, 6.07) is 1.15. The fourth-order valence-corrected chi connectivity index (χ4v) is 4.55. The number of aromatic nitrogens is 2. The molecular weight excluding hydrogens is 468 g/mol. The predicted octanol–water partition coefficient (Wildman–Crippen LogP) is 4.48. The summed E-state index contributed by atoms with van der Waals surface area (Å²) < 4.78 is 42.2. The van der Waals surface area contributed by atoms with Crippen LogP contribution in [0.1, 0.15) is 60.1 Å². The summed E-state index contributed by atoms with van der Waals surface area (Å²) in [5.74, 6) is -0.459. The second-order valence-electron chi connectivity index (χ2n) is 8.66. The van der Waals surface area contributed by atoms with Crippen molar-refractivity contribution in [3.8, 4) is 0 Å². The number of amides is 2. The quantitative estimate of drug-likeness (QED) is 0.581. The Morgan fingerprint density at radius 3 is 2.56 bits per heavy atom. The second kappa shape index (κ2) is 8.74. The fraction of sp³-hybridized carbons (Fsp3) is 0.571. The summed E-state index contributed by atoms with van der Waals surface area (Å²) in [6.45, 7) is 1.83. The summed E-state index contributed by atoms with van der Waals surface area (Å²) in [5.41, 5.74) is -1.20. The highest BCUT2D eigenvalue weighted by Crippen LogP contribution is 2.43. The molecular formula is C21H23Cl2F3N4O2. The van der Waals surface area contributed by atoms with E-state index in [4.69, 9.17) is 23.2 Å². The van der Waals surface area contributed by atoms with Gasteiger partial charge in [0, 0.05) is 24.7 Å². The Morgan fingerprint density at radius 1 is 1.31 bits per heavy atom. The number of carbonyl (C=O) groups excluding carboxylic acids is 2. The first-order valence-corrected chi connectivity index (χ1v) is 11.4. The van der Waals surface area contributed by atoms with Gasteiger partial charge < -0.3 is 10.2 Å². The lowest BCUT2D eigenvalue weighted by Crippen LogP contribution is -2.48. The smallest absolute Gasteiger partial charge is 0.352 e. The van der Waals surface area contributed by atoms with Crippen molar-refractivity contribution in [1.29, 1.82) is 0 Å². The zero-order valence-corrected chi connectivity index (χ0v) is 18.9. The van der Waals surface area contributed by atoms with Crippen LogP contribution in [0.3, 0.4) is 0 Å². The number of pyridine rings is 1. The molecule has 0 radical (unpaired) electrons. The van der Waals surface area contributed by atoms with E-state index in [0.29, 0.717) is 11.5 Å². The van der Waals surface area contributed by atoms with Crippen LogP contribution in [-0.4, -0.2) is 51.1 Å². The zero-order chi connectivity index (χ0) is 23.2. The maximum atomic E-state index is 13.7. The third-order valence-electron chi connectivity index (χ3n) is 5.95. The SMILES string of the molecule is CC1CC(NC(=O)CN(CCCl)C(=O)c2nc3c(C(F)(F)F)cc(C4CC4)cn3c2Cl)C1. The molecule has 2 aromatic rings. The number of rotatable bonds is 7. The Kier molecular flexibility index (Phi) is 6.33. The molecule has 4 rings (SSSR count). The molecule has 2 aromatic heterocycles. The van der Waals surface area contributed by atoms with Crippen molar-refractivity contribution in [3.63, 3.8) is 0 Å². The number of hydrogen-bond donors (Lipinski definition) is 1. The summed E-state index contributed by atoms with van der Waals surface area (Å²) in [4.78, 5) is 30.6. The van der Waals surface area contributed by atoms with E-state index in [0.717, 1.165) is 41.1 Å². The van der Waals surface area contributed by atoms with Crippen molar-refractivity contribution < 1.29 is 22.8 Å². The molecule has 1 N–H and O–H groups in total. The van der Waals surface area contributed by atoms with Gasteiger partial charge in [0.15, 0.2) is 11.3 Å². The molecule has 2 amide bonds. The highest BCUT2D eigenvalue weighted by Gasteiger charge is 2.38. The number of fused-ring (bicyclic) bond motifs is 1. The Bertz CT molecular complexity index is 1050. The summed E-state index contributed by atoms with van der Waals surface area (Å²) in [5, 5.41) is 2.64. The van der Waals surface area contributed by atoms with Crippen LogP contribution in [0.25, 0.3) is 5.65 Å². The number of imidazole rings is 1. The molecule has 11 heteroatoms. The number of carbonyl (C=O) groups is 2. The molecule has 2 heterocycles. The third kappa shape index (κ3) is 4.69. The molecule has 2 aliphatic carbocycles. The van der Waals surface area contributed by atoms with E-state index < -0.39 is 23.3 Å². The molecule has 0 saturated heterocycles. The molecule has 0 bridgehead atoms. The van der Waals surface area contributed by atoms with Crippen molar-refractivity contribution >= 4 is 40.7 Å². The first-order chi connectivity index (χ1) is 15.1. The molecule has 0 unspecified atom stereocenters. The largest absolute Gasteiger partial charge is 0.419 e. The summed E-state index contributed by atoms with van der Waals surface area (Å²) in [7, 11) is 0. The number of halogens is 5. The second-order valence-corrected chi connectivity index (χ2v) is 9.40. The first kappa shape index (κ1) is 23.2. The lowest BCUT2D eigenvalue weighted by molar-refractivity contribution is -0.136. The van der Waals surface area contributed by atoms with Crippen LogP contribution in [0.4, 0.5) is 13.2 Å². The average Bonchev–Trinajstić information content (AvgIpc) is 3.49. The van der Waals surface area contributed by atoms with Crippen LogP contribution in [-0.2, 0) is 11.0 Å².